The maximum Gasteiger partial charge on any atom is 0.456 e. The molecule has 0 spiro atoms. The van der Waals surface area contributed by atoms with Gasteiger partial charge >= 0.3 is 12.1 Å². The molecule has 0 aliphatic heterocycles. The fraction of sp³-hybridized carbons (Fsp3) is 0.333. The van der Waals surface area contributed by atoms with Gasteiger partial charge in [-0.25, -0.2) is 10.8 Å². The lowest BCUT2D eigenvalue weighted by molar-refractivity contribution is -0.290. The first kappa shape index (κ1) is 14.7. The van der Waals surface area contributed by atoms with Crippen molar-refractivity contribution in [3.8, 4) is 5.88 Å². The molecule has 2 aromatic heterocycles. The van der Waals surface area contributed by atoms with Gasteiger partial charge in [0.15, 0.2) is 6.61 Å². The molecule has 2 aromatic rings. The Labute approximate surface area is 112 Å². The molecular weight excluding hydrogens is 307 g/mol. The van der Waals surface area contributed by atoms with Crippen LogP contribution < -0.4 is 16.0 Å². The fourth-order valence-corrected chi connectivity index (χ4v) is 2.00. The van der Waals surface area contributed by atoms with Gasteiger partial charge in [-0.2, -0.15) is 26.9 Å². The molecule has 0 bridgehead atoms. The number of thiophene rings is 1. The Morgan fingerprint density at radius 1 is 1.25 bits per heavy atom. The zero-order chi connectivity index (χ0) is 15.0. The van der Waals surface area contributed by atoms with E-state index in [2.05, 4.69) is 20.1 Å². The smallest absolute Gasteiger partial charge is 0.456 e. The van der Waals surface area contributed by atoms with Crippen LogP contribution in [0.25, 0.3) is 10.2 Å². The molecule has 0 radical (unpaired) electrons. The summed E-state index contributed by atoms with van der Waals surface area (Å²) in [6, 6.07) is 1.45. The summed E-state index contributed by atoms with van der Waals surface area (Å²) in [6.07, 6.45) is -5.69. The highest BCUT2D eigenvalue weighted by molar-refractivity contribution is 7.16. The number of rotatable bonds is 4. The minimum Gasteiger partial charge on any atom is -0.470 e. The molecule has 2 heterocycles. The van der Waals surface area contributed by atoms with Crippen LogP contribution in [0.1, 0.15) is 0 Å². The first-order chi connectivity index (χ1) is 9.24. The van der Waals surface area contributed by atoms with Gasteiger partial charge in [-0.1, -0.05) is 0 Å². The van der Waals surface area contributed by atoms with E-state index in [-0.39, 0.29) is 11.3 Å². The van der Waals surface area contributed by atoms with Crippen molar-refractivity contribution in [3.63, 3.8) is 0 Å². The number of ether oxygens (including phenoxy) is 1. The van der Waals surface area contributed by atoms with Crippen LogP contribution in [0.3, 0.4) is 0 Å². The van der Waals surface area contributed by atoms with Gasteiger partial charge in [-0.05, 0) is 11.4 Å². The Balaban J connectivity index is 2.27. The zero-order valence-corrected chi connectivity index (χ0v) is 10.4. The summed E-state index contributed by atoms with van der Waals surface area (Å²) in [4.78, 5) is 7.85. The number of hydrogen-bond acceptors (Lipinski definition) is 6. The number of aromatic nitrogens is 2. The summed E-state index contributed by atoms with van der Waals surface area (Å²) in [6.45, 7) is -1.87. The number of hydrazine groups is 1. The first-order valence-corrected chi connectivity index (χ1v) is 5.92. The minimum atomic E-state index is -5.69. The standard InChI is InChI=1S/C9H7F5N4OS/c10-8(11,9(12,13)14)3-19-5-4-1-2-20-6(4)17-7(16-5)18-15/h1-2H,3,15H2,(H,16,17,18). The Morgan fingerprint density at radius 2 is 1.95 bits per heavy atom. The largest absolute Gasteiger partial charge is 0.470 e. The van der Waals surface area contributed by atoms with Crippen molar-refractivity contribution in [2.45, 2.75) is 12.1 Å². The normalized spacial score (nSPS) is 12.7. The second-order valence-electron chi connectivity index (χ2n) is 3.63. The van der Waals surface area contributed by atoms with Crippen LogP contribution in [0, 0.1) is 0 Å². The molecule has 0 saturated heterocycles. The zero-order valence-electron chi connectivity index (χ0n) is 9.54. The number of nitrogens with zero attached hydrogens (tertiary/aromatic N) is 2. The quantitative estimate of drug-likeness (QED) is 0.515. The van der Waals surface area contributed by atoms with Crippen molar-refractivity contribution in [1.82, 2.24) is 9.97 Å². The number of fused-ring (bicyclic) bond motifs is 1. The third-order valence-electron chi connectivity index (χ3n) is 2.22. The molecular formula is C9H7F5N4OS. The van der Waals surface area contributed by atoms with E-state index in [0.717, 1.165) is 11.3 Å². The molecule has 0 amide bonds. The molecule has 0 fully saturated rings. The van der Waals surface area contributed by atoms with Crippen LogP contribution in [0.4, 0.5) is 27.9 Å². The number of anilines is 1. The van der Waals surface area contributed by atoms with E-state index >= 15 is 0 Å². The molecule has 3 N–H and O–H groups in total. The van der Waals surface area contributed by atoms with Crippen LogP contribution in [-0.4, -0.2) is 28.7 Å². The number of nitrogens with one attached hydrogen (secondary N) is 1. The topological polar surface area (TPSA) is 73.1 Å². The highest BCUT2D eigenvalue weighted by Crippen LogP contribution is 2.36. The molecule has 5 nitrogen and oxygen atoms in total. The van der Waals surface area contributed by atoms with E-state index in [4.69, 9.17) is 5.84 Å². The van der Waals surface area contributed by atoms with E-state index in [1.165, 1.54) is 6.07 Å². The van der Waals surface area contributed by atoms with Gasteiger partial charge in [0.2, 0.25) is 11.8 Å². The van der Waals surface area contributed by atoms with E-state index in [1.54, 1.807) is 5.38 Å². The summed E-state index contributed by atoms with van der Waals surface area (Å²) in [5.41, 5.74) is 2.07. The van der Waals surface area contributed by atoms with Crippen LogP contribution in [0.5, 0.6) is 5.88 Å². The lowest BCUT2D eigenvalue weighted by Gasteiger charge is -2.19. The van der Waals surface area contributed by atoms with Crippen molar-refractivity contribution in [1.29, 1.82) is 0 Å². The third kappa shape index (κ3) is 2.72. The van der Waals surface area contributed by atoms with Gasteiger partial charge in [0, 0.05) is 0 Å². The molecule has 11 heteroatoms. The summed E-state index contributed by atoms with van der Waals surface area (Å²) in [5.74, 6) is -0.443. The van der Waals surface area contributed by atoms with Crippen molar-refractivity contribution in [2.24, 2.45) is 5.84 Å². The fourth-order valence-electron chi connectivity index (χ4n) is 1.24. The lowest BCUT2D eigenvalue weighted by Crippen LogP contribution is -2.41. The molecule has 2 rings (SSSR count). The predicted molar refractivity (Wildman–Crippen MR) is 61.7 cm³/mol. The maximum atomic E-state index is 12.8. The SMILES string of the molecule is NNc1nc(OCC(F)(F)C(F)(F)F)c2ccsc2n1. The highest BCUT2D eigenvalue weighted by atomic mass is 32.1. The van der Waals surface area contributed by atoms with Crippen molar-refractivity contribution in [3.05, 3.63) is 11.4 Å². The molecule has 20 heavy (non-hydrogen) atoms. The van der Waals surface area contributed by atoms with Crippen LogP contribution in [0.2, 0.25) is 0 Å². The Bertz CT molecular complexity index is 614. The minimum absolute atomic E-state index is 0.148. The lowest BCUT2D eigenvalue weighted by atomic mass is 10.3. The average Bonchev–Trinajstić information content (AvgIpc) is 2.82. The van der Waals surface area contributed by atoms with Crippen LogP contribution in [-0.2, 0) is 0 Å². The average molecular weight is 314 g/mol. The summed E-state index contributed by atoms with van der Waals surface area (Å²) < 4.78 is 66.2. The molecule has 0 atom stereocenters. The second-order valence-corrected chi connectivity index (χ2v) is 4.52. The van der Waals surface area contributed by atoms with E-state index in [1.807, 2.05) is 0 Å². The van der Waals surface area contributed by atoms with Crippen LogP contribution >= 0.6 is 11.3 Å². The maximum absolute atomic E-state index is 12.8. The summed E-state index contributed by atoms with van der Waals surface area (Å²) in [7, 11) is 0. The van der Waals surface area contributed by atoms with Crippen molar-refractivity contribution < 1.29 is 26.7 Å². The number of alkyl halides is 5. The summed E-state index contributed by atoms with van der Waals surface area (Å²) in [5, 5.41) is 1.79. The molecule has 0 saturated carbocycles. The third-order valence-corrected chi connectivity index (χ3v) is 3.03. The van der Waals surface area contributed by atoms with Gasteiger partial charge in [-0.15, -0.1) is 11.3 Å². The molecule has 0 aliphatic carbocycles. The van der Waals surface area contributed by atoms with Crippen LogP contribution in [0.15, 0.2) is 11.4 Å². The van der Waals surface area contributed by atoms with Gasteiger partial charge in [-0.3, -0.25) is 5.43 Å². The van der Waals surface area contributed by atoms with Crippen molar-refractivity contribution >= 4 is 27.5 Å². The predicted octanol–water partition coefficient (Wildman–Crippen LogP) is 2.55. The number of nitrogens with two attached hydrogens (primary N) is 1. The van der Waals surface area contributed by atoms with Gasteiger partial charge in [0.1, 0.15) is 4.83 Å². The molecule has 0 aromatic carbocycles. The number of nitrogen functional groups attached to an aromatic ring is 1. The Hall–Kier alpha value is -1.75. The van der Waals surface area contributed by atoms with Gasteiger partial charge in [0.05, 0.1) is 5.39 Å². The molecule has 0 aliphatic rings. The molecule has 110 valence electrons. The Morgan fingerprint density at radius 3 is 2.55 bits per heavy atom. The Kier molecular flexibility index (Phi) is 3.65. The van der Waals surface area contributed by atoms with Gasteiger partial charge < -0.3 is 4.74 Å². The van der Waals surface area contributed by atoms with Gasteiger partial charge in [0.25, 0.3) is 0 Å². The van der Waals surface area contributed by atoms with Crippen molar-refractivity contribution in [2.75, 3.05) is 12.0 Å². The monoisotopic (exact) mass is 314 g/mol. The van der Waals surface area contributed by atoms with E-state index in [0.29, 0.717) is 4.83 Å². The van der Waals surface area contributed by atoms with E-state index < -0.39 is 24.6 Å². The highest BCUT2D eigenvalue weighted by Gasteiger charge is 2.58. The molecule has 0 unspecified atom stereocenters. The number of halogens is 5. The first-order valence-electron chi connectivity index (χ1n) is 5.04. The number of hydrogen-bond donors (Lipinski definition) is 2. The second kappa shape index (κ2) is 4.98. The summed E-state index contributed by atoms with van der Waals surface area (Å²) >= 11 is 1.13. The van der Waals surface area contributed by atoms with E-state index in [9.17, 15) is 22.0 Å².